The molecule has 0 amide bonds. The van der Waals surface area contributed by atoms with Crippen LogP contribution in [0.5, 0.6) is 11.5 Å². The number of aliphatic hydroxyl groups excluding tert-OH is 1. The van der Waals surface area contributed by atoms with Crippen LogP contribution >= 0.6 is 0 Å². The Bertz CT molecular complexity index is 1470. The number of Topliss-reactive ketones (excluding diaryl/α,β-unsaturated/α-hetero) is 1. The van der Waals surface area contributed by atoms with E-state index in [1.54, 1.807) is 0 Å². The van der Waals surface area contributed by atoms with Gasteiger partial charge in [0.15, 0.2) is 11.5 Å². The first kappa shape index (κ1) is 39.9. The number of unbranched alkanes of at least 4 members (excludes halogenated alkanes) is 4. The molecule has 0 unspecified atom stereocenters. The van der Waals surface area contributed by atoms with Crippen molar-refractivity contribution in [3.05, 3.63) is 93.8 Å². The van der Waals surface area contributed by atoms with E-state index in [0.29, 0.717) is 17.6 Å². The van der Waals surface area contributed by atoms with Crippen molar-refractivity contribution < 1.29 is 26.3 Å². The number of aromatic hydroxyl groups is 2. The lowest BCUT2D eigenvalue weighted by molar-refractivity contribution is -0.118. The molecular formula is C43H61BO5. The van der Waals surface area contributed by atoms with Crippen LogP contribution in [0.2, 0.25) is 6.80 Å². The molecule has 3 aliphatic rings. The number of benzene rings is 1. The second-order valence-electron chi connectivity index (χ2n) is 14.1. The highest BCUT2D eigenvalue weighted by atomic mass is 16.3. The molecule has 0 fully saturated rings. The number of aliphatic hydroxyl groups is 1. The predicted octanol–water partition coefficient (Wildman–Crippen LogP) is 11.1. The number of hydrogen-bond donors (Lipinski definition) is 3. The lowest BCUT2D eigenvalue weighted by Crippen LogP contribution is -2.29. The minimum Gasteiger partial charge on any atom is -0.507 e. The van der Waals surface area contributed by atoms with Gasteiger partial charge in [-0.05, 0) is 115 Å². The largest absolute Gasteiger partial charge is 0.507 e. The normalized spacial score (nSPS) is 22.4. The van der Waals surface area contributed by atoms with E-state index in [1.807, 2.05) is 39.0 Å². The van der Waals surface area contributed by atoms with Gasteiger partial charge in [0.2, 0.25) is 5.78 Å². The van der Waals surface area contributed by atoms with Crippen molar-refractivity contribution in [2.75, 3.05) is 0 Å². The molecule has 1 aromatic rings. The molecule has 0 heterocycles. The van der Waals surface area contributed by atoms with Gasteiger partial charge in [-0.25, -0.2) is 0 Å². The maximum Gasteiger partial charge on any atom is 0.223 e. The summed E-state index contributed by atoms with van der Waals surface area (Å²) >= 11 is 0. The molecule has 0 spiro atoms. The molecule has 1 aromatic carbocycles. The first-order valence-corrected chi connectivity index (χ1v) is 18.1. The van der Waals surface area contributed by atoms with Crippen LogP contribution in [0.25, 0.3) is 0 Å². The van der Waals surface area contributed by atoms with Gasteiger partial charge in [0.25, 0.3) is 0 Å². The third kappa shape index (κ3) is 11.2. The van der Waals surface area contributed by atoms with Crippen LogP contribution in [0.4, 0.5) is 0 Å². The average Bonchev–Trinajstić information content (AvgIpc) is 3.04. The Balaban J connectivity index is 0.000000322. The smallest absolute Gasteiger partial charge is 0.223 e. The minimum atomic E-state index is -0.377. The number of carbonyl (C=O) groups excluding carboxylic acids is 2. The van der Waals surface area contributed by atoms with Crippen LogP contribution in [0.1, 0.15) is 131 Å². The summed E-state index contributed by atoms with van der Waals surface area (Å²) in [5.74, 6) is -0.363. The second-order valence-corrected chi connectivity index (χ2v) is 14.1. The molecule has 5 nitrogen and oxygen atoms in total. The fourth-order valence-corrected chi connectivity index (χ4v) is 7.32. The fourth-order valence-electron chi connectivity index (χ4n) is 7.32. The summed E-state index contributed by atoms with van der Waals surface area (Å²) in [6, 6.07) is 3.66. The molecule has 266 valence electrons. The lowest BCUT2D eigenvalue weighted by atomic mass is 9.71. The van der Waals surface area contributed by atoms with Gasteiger partial charge in [0, 0.05) is 24.3 Å². The molecule has 0 aliphatic heterocycles. The van der Waals surface area contributed by atoms with E-state index < -0.39 is 0 Å². The summed E-state index contributed by atoms with van der Waals surface area (Å²) in [5.41, 5.74) is 6.99. The summed E-state index contributed by atoms with van der Waals surface area (Å²) in [6.45, 7) is 20.6. The standard InChI is InChI=1S/C21H28O3.C21H30O2.CH3B/c1-5-6-7-8-15-12-18(22)19(21(24)20(15)23)17-11-14(4)9-10-16(17)13(2)3;1-5-6-7-8-16-12-19(22)21(20(23)13-16)18-11-15(4)9-10-17(18)14(2)3;1-2/h11-12,16-17,24H,2,5-10H2,1,3-4H3;11-13,17-18,22-23H,2,5-10H2,1,3-4H3;1H3/t16-,17+;17-,18+;/m00./s1/i;;1D. The molecular weight excluding hydrogens is 607 g/mol. The van der Waals surface area contributed by atoms with Crippen molar-refractivity contribution in [1.29, 1.82) is 0 Å². The summed E-state index contributed by atoms with van der Waals surface area (Å²) in [6.07, 6.45) is 17.4. The highest BCUT2D eigenvalue weighted by molar-refractivity contribution is 6.22. The zero-order chi connectivity index (χ0) is 37.5. The van der Waals surface area contributed by atoms with Crippen molar-refractivity contribution >= 4 is 19.4 Å². The first-order valence-electron chi connectivity index (χ1n) is 18.8. The molecule has 4 atom stereocenters. The van der Waals surface area contributed by atoms with Crippen LogP contribution in [0.15, 0.2) is 82.7 Å². The third-order valence-corrected chi connectivity index (χ3v) is 10.1. The van der Waals surface area contributed by atoms with E-state index in [-0.39, 0.29) is 64.9 Å². The number of ketones is 2. The van der Waals surface area contributed by atoms with E-state index in [2.05, 4.69) is 47.9 Å². The van der Waals surface area contributed by atoms with Gasteiger partial charge in [-0.15, -0.1) is 0 Å². The van der Waals surface area contributed by atoms with Crippen molar-refractivity contribution in [2.24, 2.45) is 17.8 Å². The summed E-state index contributed by atoms with van der Waals surface area (Å²) < 4.78 is 5.99. The van der Waals surface area contributed by atoms with Crippen molar-refractivity contribution in [1.82, 2.24) is 0 Å². The van der Waals surface area contributed by atoms with E-state index in [1.165, 1.54) is 30.1 Å². The van der Waals surface area contributed by atoms with Crippen LogP contribution in [-0.4, -0.2) is 34.7 Å². The fraction of sp³-hybridized carbons (Fsp3) is 0.535. The Labute approximate surface area is 299 Å². The highest BCUT2D eigenvalue weighted by Crippen LogP contribution is 2.46. The molecule has 0 aromatic heterocycles. The van der Waals surface area contributed by atoms with Crippen molar-refractivity contribution in [3.8, 4) is 11.5 Å². The van der Waals surface area contributed by atoms with E-state index in [4.69, 9.17) is 1.37 Å². The van der Waals surface area contributed by atoms with E-state index >= 15 is 0 Å². The Morgan fingerprint density at radius 1 is 0.837 bits per heavy atom. The quantitative estimate of drug-likeness (QED) is 0.0891. The zero-order valence-corrected chi connectivity index (χ0v) is 31.0. The SMILES string of the molecule is C=C(C)[C@@H]1CCC(C)=C[C@H]1C1=C(O)C(=O)C(CCCCC)=CC1=O.C=C(C)[C@@H]1CCC(C)=C[C@H]1c1c(O)cc(CCCCC)cc1O.[2H]C[B]. The molecule has 2 radical (unpaired) electrons. The average molecular weight is 670 g/mol. The predicted molar refractivity (Wildman–Crippen MR) is 205 cm³/mol. The van der Waals surface area contributed by atoms with E-state index in [0.717, 1.165) is 74.5 Å². The van der Waals surface area contributed by atoms with Crippen LogP contribution < -0.4 is 0 Å². The number of hydrogen-bond acceptors (Lipinski definition) is 5. The zero-order valence-electron chi connectivity index (χ0n) is 32.0. The minimum absolute atomic E-state index is 0. The Hall–Kier alpha value is -3.54. The lowest BCUT2D eigenvalue weighted by Gasteiger charge is -2.32. The number of aryl methyl sites for hydroxylation is 1. The van der Waals surface area contributed by atoms with Gasteiger partial charge in [-0.2, -0.15) is 0 Å². The van der Waals surface area contributed by atoms with Crippen molar-refractivity contribution in [2.45, 2.75) is 131 Å². The first-order chi connectivity index (χ1) is 23.7. The molecule has 0 saturated heterocycles. The summed E-state index contributed by atoms with van der Waals surface area (Å²) in [4.78, 5) is 25.2. The highest BCUT2D eigenvalue weighted by Gasteiger charge is 2.37. The summed E-state index contributed by atoms with van der Waals surface area (Å²) in [7, 11) is 4.51. The third-order valence-electron chi connectivity index (χ3n) is 10.1. The maximum atomic E-state index is 12.7. The van der Waals surface area contributed by atoms with Gasteiger partial charge in [0.05, 0.1) is 13.4 Å². The van der Waals surface area contributed by atoms with Gasteiger partial charge in [0.1, 0.15) is 11.5 Å². The maximum absolute atomic E-state index is 12.7. The van der Waals surface area contributed by atoms with Crippen LogP contribution in [0, 0.1) is 17.8 Å². The van der Waals surface area contributed by atoms with Gasteiger partial charge in [-0.1, -0.05) is 93.9 Å². The van der Waals surface area contributed by atoms with E-state index in [9.17, 15) is 24.9 Å². The Morgan fingerprint density at radius 3 is 1.80 bits per heavy atom. The monoisotopic (exact) mass is 669 g/mol. The molecule has 6 heteroatoms. The van der Waals surface area contributed by atoms with Crippen LogP contribution in [0.3, 0.4) is 0 Å². The number of rotatable bonds is 12. The Morgan fingerprint density at radius 2 is 1.31 bits per heavy atom. The van der Waals surface area contributed by atoms with Gasteiger partial charge >= 0.3 is 0 Å². The molecule has 49 heavy (non-hydrogen) atoms. The molecule has 0 bridgehead atoms. The number of allylic oxidation sites excluding steroid dienone is 9. The van der Waals surface area contributed by atoms with Crippen LogP contribution in [-0.2, 0) is 16.0 Å². The molecule has 4 rings (SSSR count). The molecule has 3 aliphatic carbocycles. The topological polar surface area (TPSA) is 94.8 Å². The molecule has 3 N–H and O–H groups in total. The number of carbonyl (C=O) groups is 2. The number of phenolic OH excluding ortho intramolecular Hbond substituents is 2. The van der Waals surface area contributed by atoms with Gasteiger partial charge in [-0.3, -0.25) is 9.59 Å². The number of phenols is 2. The molecule has 0 saturated carbocycles. The Kier molecular flexibility index (Phi) is 16.5. The van der Waals surface area contributed by atoms with Crippen molar-refractivity contribution in [3.63, 3.8) is 0 Å². The second kappa shape index (κ2) is 20.2. The summed E-state index contributed by atoms with van der Waals surface area (Å²) in [5, 5.41) is 31.6. The van der Waals surface area contributed by atoms with Gasteiger partial charge < -0.3 is 15.3 Å².